The van der Waals surface area contributed by atoms with Crippen molar-refractivity contribution in [2.45, 2.75) is 75.8 Å². The molecule has 0 aliphatic carbocycles. The second-order valence-electron chi connectivity index (χ2n) is 34.8. The number of phenols is 4. The van der Waals surface area contributed by atoms with Crippen LogP contribution in [0.3, 0.4) is 0 Å². The Bertz CT molecular complexity index is 8130. The molecular formula is C116H94N12O12. The molecular weight excluding hydrogens is 1750 g/mol. The van der Waals surface area contributed by atoms with Crippen LogP contribution in [0, 0.1) is 0 Å². The molecule has 25 rings (SSSR count). The lowest BCUT2D eigenvalue weighted by Crippen LogP contribution is -2.26. The van der Waals surface area contributed by atoms with Crippen LogP contribution in [0.5, 0.6) is 47.0 Å². The summed E-state index contributed by atoms with van der Waals surface area (Å²) in [5, 5.41) is 62.3. The zero-order valence-corrected chi connectivity index (χ0v) is 76.2. The fourth-order valence-electron chi connectivity index (χ4n) is 18.6. The molecule has 0 bridgehead atoms. The fraction of sp³-hybridized carbons (Fsp3) is 0.172. The minimum absolute atomic E-state index is 0.0100. The third-order valence-corrected chi connectivity index (χ3v) is 25.8. The molecule has 4 saturated heterocycles. The third-order valence-electron chi connectivity index (χ3n) is 25.8. The maximum absolute atomic E-state index is 10.6. The summed E-state index contributed by atoms with van der Waals surface area (Å²) in [4.78, 5) is 56.6. The van der Waals surface area contributed by atoms with Gasteiger partial charge in [0.25, 0.3) is 0 Å². The van der Waals surface area contributed by atoms with Crippen molar-refractivity contribution < 1.29 is 58.3 Å². The van der Waals surface area contributed by atoms with Crippen molar-refractivity contribution in [3.63, 3.8) is 0 Å². The molecule has 0 spiro atoms. The summed E-state index contributed by atoms with van der Waals surface area (Å²) in [6.45, 7) is 5.25. The number of para-hydroxylation sites is 4. The summed E-state index contributed by atoms with van der Waals surface area (Å²) >= 11 is 0. The van der Waals surface area contributed by atoms with Gasteiger partial charge in [0.05, 0.1) is 75.1 Å². The summed E-state index contributed by atoms with van der Waals surface area (Å²) < 4.78 is 46.7. The summed E-state index contributed by atoms with van der Waals surface area (Å²) in [5.74, 6) is 3.99. The number of benzene rings is 17. The zero-order chi connectivity index (χ0) is 94.2. The topological polar surface area (TPSA) is 309 Å². The Kier molecular flexibility index (Phi) is 25.5. The molecule has 0 amide bonds. The molecule has 0 saturated carbocycles. The summed E-state index contributed by atoms with van der Waals surface area (Å²) in [7, 11) is 0. The smallest absolute Gasteiger partial charge is 0.320 e. The van der Waals surface area contributed by atoms with E-state index >= 15 is 0 Å². The quantitative estimate of drug-likeness (QED) is 0.0516. The Morgan fingerprint density at radius 1 is 0.186 bits per heavy atom. The summed E-state index contributed by atoms with van der Waals surface area (Å²) in [5.41, 5.74) is 5.70. The van der Waals surface area contributed by atoms with E-state index in [0.717, 1.165) is 138 Å². The average Bonchev–Trinajstić information content (AvgIpc) is 0.745. The molecule has 4 aromatic heterocycles. The van der Waals surface area contributed by atoms with Gasteiger partial charge >= 0.3 is 24.0 Å². The number of aromatic nitrogens is 12. The number of ether oxygens (including phenoxy) is 8. The number of rotatable bonds is 16. The molecule has 4 aliphatic heterocycles. The van der Waals surface area contributed by atoms with Crippen LogP contribution in [0.4, 0.5) is 0 Å². The Morgan fingerprint density at radius 2 is 0.450 bits per heavy atom. The lowest BCUT2D eigenvalue weighted by atomic mass is 9.93. The van der Waals surface area contributed by atoms with E-state index in [1.54, 1.807) is 72.8 Å². The van der Waals surface area contributed by atoms with E-state index in [-0.39, 0.29) is 71.5 Å². The molecule has 17 aromatic carbocycles. The first kappa shape index (κ1) is 88.6. The molecule has 8 heterocycles. The number of hydrogen-bond donors (Lipinski definition) is 4. The Balaban J connectivity index is 0.000000107. The molecule has 21 aromatic rings. The predicted octanol–water partition coefficient (Wildman–Crippen LogP) is 24.3. The van der Waals surface area contributed by atoms with Gasteiger partial charge in [0.1, 0.15) is 47.4 Å². The Hall–Kier alpha value is -16.6. The number of aromatic hydroxyl groups is 4. The maximum atomic E-state index is 10.6. The Morgan fingerprint density at radius 3 is 0.864 bits per heavy atom. The van der Waals surface area contributed by atoms with E-state index in [1.165, 1.54) is 32.3 Å². The number of fused-ring (bicyclic) bond motifs is 12. The Labute approximate surface area is 804 Å². The summed E-state index contributed by atoms with van der Waals surface area (Å²) in [6, 6.07) is 109. The van der Waals surface area contributed by atoms with Gasteiger partial charge in [0, 0.05) is 73.6 Å². The van der Waals surface area contributed by atoms with Crippen LogP contribution in [-0.2, 0) is 18.9 Å². The highest BCUT2D eigenvalue weighted by molar-refractivity contribution is 6.21. The predicted molar refractivity (Wildman–Crippen MR) is 545 cm³/mol. The van der Waals surface area contributed by atoms with E-state index < -0.39 is 0 Å². The second kappa shape index (κ2) is 40.3. The number of phenolic OH excluding ortho intramolecular Hbond substituents is 4. The van der Waals surface area contributed by atoms with Crippen LogP contribution in [0.25, 0.3) is 188 Å². The normalized spacial score (nSPS) is 14.4. The van der Waals surface area contributed by atoms with Crippen LogP contribution in [-0.4, -0.2) is 158 Å². The van der Waals surface area contributed by atoms with E-state index in [0.29, 0.717) is 122 Å². The van der Waals surface area contributed by atoms with Gasteiger partial charge in [-0.15, -0.1) is 0 Å². The molecule has 4 N–H and O–H groups in total. The van der Waals surface area contributed by atoms with Crippen molar-refractivity contribution in [3.05, 3.63) is 328 Å². The third kappa shape index (κ3) is 19.2. The molecule has 24 heteroatoms. The number of hydrogen-bond acceptors (Lipinski definition) is 24. The largest absolute Gasteiger partial charge is 0.507 e. The van der Waals surface area contributed by atoms with Crippen molar-refractivity contribution in [1.29, 1.82) is 0 Å². The average molecular weight is 1850 g/mol. The van der Waals surface area contributed by atoms with E-state index in [9.17, 15) is 20.4 Å². The van der Waals surface area contributed by atoms with Gasteiger partial charge in [-0.2, -0.15) is 39.9 Å². The van der Waals surface area contributed by atoms with Gasteiger partial charge in [-0.1, -0.05) is 243 Å². The van der Waals surface area contributed by atoms with Gasteiger partial charge in [0.15, 0.2) is 46.6 Å². The molecule has 690 valence electrons. The summed E-state index contributed by atoms with van der Waals surface area (Å²) in [6.07, 6.45) is 6.17. The van der Waals surface area contributed by atoms with Crippen molar-refractivity contribution in [1.82, 2.24) is 59.8 Å². The molecule has 4 aliphatic rings. The SMILES string of the molecule is Oc1ccccc1-c1nc(OC2CCOCC2)nc(-c2c3ccccc3cc3ccccc23)n1.Oc1ccccc1-c1nc(OC2CCOCC2)nc(-c2cc3c4ccccc4ccc3c3ccccc23)n1.Oc1ccccc1-c1nc(OC2CCOCC2)nc(-c2cc3ccccc3c3ccccc23)n1.Oc1ccccc1-c1nc(OC2CCOCC2)nc(-c2ccc3cc4ccccc4cc3c2)n1. The van der Waals surface area contributed by atoms with E-state index in [2.05, 4.69) is 183 Å². The first-order chi connectivity index (χ1) is 69.0. The first-order valence-electron chi connectivity index (χ1n) is 47.2. The van der Waals surface area contributed by atoms with Crippen LogP contribution < -0.4 is 18.9 Å². The highest BCUT2D eigenvalue weighted by atomic mass is 16.5. The molecule has 0 unspecified atom stereocenters. The minimum atomic E-state index is -0.0338. The number of nitrogens with zero attached hydrogens (tertiary/aromatic N) is 12. The van der Waals surface area contributed by atoms with Crippen LogP contribution >= 0.6 is 0 Å². The van der Waals surface area contributed by atoms with Gasteiger partial charge in [0.2, 0.25) is 0 Å². The van der Waals surface area contributed by atoms with Gasteiger partial charge in [-0.25, -0.2) is 19.9 Å². The monoisotopic (exact) mass is 1850 g/mol. The first-order valence-corrected chi connectivity index (χ1v) is 47.2. The van der Waals surface area contributed by atoms with E-state index in [1.807, 2.05) is 97.1 Å². The molecule has 0 radical (unpaired) electrons. The minimum Gasteiger partial charge on any atom is -0.507 e. The van der Waals surface area contributed by atoms with Crippen molar-refractivity contribution >= 4 is 97.0 Å². The van der Waals surface area contributed by atoms with Gasteiger partial charge in [-0.05, 0) is 182 Å². The highest BCUT2D eigenvalue weighted by Gasteiger charge is 2.29. The molecule has 24 nitrogen and oxygen atoms in total. The van der Waals surface area contributed by atoms with Crippen molar-refractivity contribution in [3.8, 4) is 138 Å². The standard InChI is InChI=1S/C32H25N3O3.3C28H23N3O3/c36-29-12-6-5-11-26(29)30-33-31(35-32(34-30)38-21-15-17-37-18-16-21)28-19-27-22-8-2-1-7-20(22)13-14-25(27)23-9-3-4-10-24(23)28;32-24-12-6-5-11-23(24)26-29-27(31-28(30-26)34-20-13-15-33-16-14-20)25-21-9-3-1-7-18(21)17-19-8-2-4-10-22(19)25;32-25-12-6-5-11-23(25)26-29-27(31-28(30-26)34-19-13-15-33-16-14-19)24-17-18-7-1-2-8-20(18)21-9-3-4-10-22(21)24;32-25-8-4-3-7-24(25)27-29-26(30-28(31-27)34-23-11-13-33-14-12-23)21-10-9-20-15-18-5-1-2-6-19(18)16-22(20)17-21/h1-14,19,21,36H,15-18H2;1-12,17,20,32H,13-16H2;1-12,17,19,32H,13-16H2;1-10,15-17,23,32H,11-14H2. The molecule has 0 atom stereocenters. The van der Waals surface area contributed by atoms with Gasteiger partial charge in [-0.3, -0.25) is 0 Å². The highest BCUT2D eigenvalue weighted by Crippen LogP contribution is 2.44. The van der Waals surface area contributed by atoms with Crippen molar-refractivity contribution in [2.75, 3.05) is 52.9 Å². The maximum Gasteiger partial charge on any atom is 0.320 e. The lowest BCUT2D eigenvalue weighted by molar-refractivity contribution is 0.0214. The van der Waals surface area contributed by atoms with E-state index in [4.69, 9.17) is 72.8 Å². The van der Waals surface area contributed by atoms with Gasteiger partial charge < -0.3 is 58.3 Å². The van der Waals surface area contributed by atoms with Crippen LogP contribution in [0.1, 0.15) is 51.4 Å². The second-order valence-corrected chi connectivity index (χ2v) is 34.8. The van der Waals surface area contributed by atoms with Crippen molar-refractivity contribution in [2.24, 2.45) is 0 Å². The fourth-order valence-corrected chi connectivity index (χ4v) is 18.6. The molecule has 4 fully saturated rings. The lowest BCUT2D eigenvalue weighted by Gasteiger charge is -2.22. The zero-order valence-electron chi connectivity index (χ0n) is 76.2. The molecule has 140 heavy (non-hydrogen) atoms. The van der Waals surface area contributed by atoms with Crippen LogP contribution in [0.2, 0.25) is 0 Å². The van der Waals surface area contributed by atoms with Crippen LogP contribution in [0.15, 0.2) is 328 Å².